The van der Waals surface area contributed by atoms with Crippen LogP contribution >= 0.6 is 0 Å². The van der Waals surface area contributed by atoms with Gasteiger partial charge < -0.3 is 10.6 Å². The summed E-state index contributed by atoms with van der Waals surface area (Å²) in [5.74, 6) is -2.60. The van der Waals surface area contributed by atoms with Gasteiger partial charge in [0.15, 0.2) is 0 Å². The van der Waals surface area contributed by atoms with E-state index in [2.05, 4.69) is 17.6 Å². The molecule has 0 aliphatic rings. The average Bonchev–Trinajstić information content (AvgIpc) is 2.27. The fourth-order valence-electron chi connectivity index (χ4n) is 1.58. The highest BCUT2D eigenvalue weighted by Gasteiger charge is 2.12. The number of rotatable bonds is 7. The van der Waals surface area contributed by atoms with Crippen molar-refractivity contribution in [2.45, 2.75) is 32.9 Å². The van der Waals surface area contributed by atoms with Crippen LogP contribution < -0.4 is 10.6 Å². The van der Waals surface area contributed by atoms with Crippen molar-refractivity contribution in [1.29, 1.82) is 0 Å². The van der Waals surface area contributed by atoms with Gasteiger partial charge in [0.2, 0.25) is 0 Å². The molecule has 1 atom stereocenters. The highest BCUT2D eigenvalue weighted by molar-refractivity contribution is 5.20. The van der Waals surface area contributed by atoms with Gasteiger partial charge in [-0.2, -0.15) is 0 Å². The van der Waals surface area contributed by atoms with Crippen LogP contribution in [0.25, 0.3) is 0 Å². The van der Waals surface area contributed by atoms with Crippen LogP contribution in [-0.4, -0.2) is 19.1 Å². The highest BCUT2D eigenvalue weighted by atomic mass is 19.1. The largest absolute Gasteiger partial charge is 0.315 e. The molecule has 1 aromatic carbocycles. The van der Waals surface area contributed by atoms with Crippen molar-refractivity contribution in [2.75, 3.05) is 13.1 Å². The molecule has 1 unspecified atom stereocenters. The Morgan fingerprint density at radius 1 is 1.17 bits per heavy atom. The van der Waals surface area contributed by atoms with E-state index in [0.717, 1.165) is 19.5 Å². The lowest BCUT2D eigenvalue weighted by Crippen LogP contribution is -2.36. The Bertz CT molecular complexity index is 359. The lowest BCUT2D eigenvalue weighted by atomic mass is 10.2. The molecule has 2 nitrogen and oxygen atoms in total. The molecule has 0 aromatic heterocycles. The summed E-state index contributed by atoms with van der Waals surface area (Å²) in [7, 11) is 0. The van der Waals surface area contributed by atoms with Gasteiger partial charge in [-0.1, -0.05) is 6.92 Å². The molecule has 0 fully saturated rings. The smallest absolute Gasteiger partial charge is 0.133 e. The fraction of sp³-hybridized carbons (Fsp3) is 0.538. The first-order valence-electron chi connectivity index (χ1n) is 6.12. The van der Waals surface area contributed by atoms with Gasteiger partial charge in [0.1, 0.15) is 17.5 Å². The van der Waals surface area contributed by atoms with Crippen molar-refractivity contribution in [3.8, 4) is 0 Å². The Labute approximate surface area is 106 Å². The maximum absolute atomic E-state index is 13.3. The van der Waals surface area contributed by atoms with E-state index in [0.29, 0.717) is 12.1 Å². The summed E-state index contributed by atoms with van der Waals surface area (Å²) in [4.78, 5) is 0. The number of hydrogen-bond acceptors (Lipinski definition) is 2. The first-order chi connectivity index (χ1) is 8.54. The van der Waals surface area contributed by atoms with E-state index in [4.69, 9.17) is 0 Å². The minimum Gasteiger partial charge on any atom is -0.315 e. The van der Waals surface area contributed by atoms with Gasteiger partial charge in [-0.05, 0) is 19.9 Å². The lowest BCUT2D eigenvalue weighted by Gasteiger charge is -2.15. The van der Waals surface area contributed by atoms with Crippen molar-refractivity contribution in [3.05, 3.63) is 35.1 Å². The zero-order valence-corrected chi connectivity index (χ0v) is 10.7. The summed E-state index contributed by atoms with van der Waals surface area (Å²) < 4.78 is 39.4. The first-order valence-corrected chi connectivity index (χ1v) is 6.12. The molecule has 102 valence electrons. The zero-order valence-electron chi connectivity index (χ0n) is 10.7. The maximum Gasteiger partial charge on any atom is 0.133 e. The molecule has 1 rings (SSSR count). The van der Waals surface area contributed by atoms with Gasteiger partial charge in [0.25, 0.3) is 0 Å². The minimum atomic E-state index is -0.897. The molecule has 1 aromatic rings. The van der Waals surface area contributed by atoms with E-state index in [1.807, 2.05) is 6.92 Å². The van der Waals surface area contributed by atoms with Crippen LogP contribution in [0.15, 0.2) is 12.1 Å². The van der Waals surface area contributed by atoms with E-state index in [1.165, 1.54) is 0 Å². The molecule has 0 saturated carbocycles. The van der Waals surface area contributed by atoms with Gasteiger partial charge in [0.05, 0.1) is 0 Å². The molecule has 18 heavy (non-hydrogen) atoms. The van der Waals surface area contributed by atoms with E-state index in [9.17, 15) is 13.2 Å². The lowest BCUT2D eigenvalue weighted by molar-refractivity contribution is 0.470. The quantitative estimate of drug-likeness (QED) is 0.736. The Balaban J connectivity index is 2.48. The summed E-state index contributed by atoms with van der Waals surface area (Å²) in [6, 6.07) is 1.47. The summed E-state index contributed by atoms with van der Waals surface area (Å²) in [6.07, 6.45) is 1.04. The summed E-state index contributed by atoms with van der Waals surface area (Å²) in [5, 5.41) is 6.19. The van der Waals surface area contributed by atoms with E-state index < -0.39 is 17.5 Å². The Morgan fingerprint density at radius 3 is 2.33 bits per heavy atom. The van der Waals surface area contributed by atoms with Crippen LogP contribution in [0.3, 0.4) is 0 Å². The van der Waals surface area contributed by atoms with E-state index >= 15 is 0 Å². The predicted molar refractivity (Wildman–Crippen MR) is 65.8 cm³/mol. The Hall–Kier alpha value is -1.07. The van der Waals surface area contributed by atoms with Crippen molar-refractivity contribution >= 4 is 0 Å². The predicted octanol–water partition coefficient (Wildman–Crippen LogP) is 2.58. The second-order valence-electron chi connectivity index (χ2n) is 4.33. The van der Waals surface area contributed by atoms with Crippen LogP contribution in [0.1, 0.15) is 25.8 Å². The second kappa shape index (κ2) is 7.38. The molecule has 0 saturated heterocycles. The molecule has 0 aliphatic carbocycles. The first kappa shape index (κ1) is 15.0. The number of benzene rings is 1. The standard InChI is InChI=1S/C13H19F3N2/c1-3-4-17-7-9(2)18-8-11-12(15)5-10(14)6-13(11)16/h5-6,9,17-18H,3-4,7-8H2,1-2H3. The number of halogens is 3. The molecule has 0 spiro atoms. The normalized spacial score (nSPS) is 12.7. The SMILES string of the molecule is CCCNCC(C)NCc1c(F)cc(F)cc1F. The average molecular weight is 260 g/mol. The molecular formula is C13H19F3N2. The summed E-state index contributed by atoms with van der Waals surface area (Å²) in [6.45, 7) is 5.66. The maximum atomic E-state index is 13.3. The van der Waals surface area contributed by atoms with Gasteiger partial charge in [-0.15, -0.1) is 0 Å². The third-order valence-electron chi connectivity index (χ3n) is 2.61. The monoisotopic (exact) mass is 260 g/mol. The second-order valence-corrected chi connectivity index (χ2v) is 4.33. The molecular weight excluding hydrogens is 241 g/mol. The highest BCUT2D eigenvalue weighted by Crippen LogP contribution is 2.14. The summed E-state index contributed by atoms with van der Waals surface area (Å²) in [5.41, 5.74) is -0.126. The van der Waals surface area contributed by atoms with E-state index in [-0.39, 0.29) is 18.2 Å². The molecule has 5 heteroatoms. The van der Waals surface area contributed by atoms with Gasteiger partial charge >= 0.3 is 0 Å². The van der Waals surface area contributed by atoms with Crippen LogP contribution in [-0.2, 0) is 6.54 Å². The Morgan fingerprint density at radius 2 is 1.78 bits per heavy atom. The Kier molecular flexibility index (Phi) is 6.15. The van der Waals surface area contributed by atoms with Crippen molar-refractivity contribution < 1.29 is 13.2 Å². The van der Waals surface area contributed by atoms with Crippen LogP contribution in [0.5, 0.6) is 0 Å². The minimum absolute atomic E-state index is 0.0485. The number of nitrogens with one attached hydrogen (secondary N) is 2. The molecule has 0 radical (unpaired) electrons. The molecule has 2 N–H and O–H groups in total. The van der Waals surface area contributed by atoms with Crippen LogP contribution in [0.4, 0.5) is 13.2 Å². The third kappa shape index (κ3) is 4.66. The topological polar surface area (TPSA) is 24.1 Å². The zero-order chi connectivity index (χ0) is 13.5. The molecule has 0 aliphatic heterocycles. The van der Waals surface area contributed by atoms with Gasteiger partial charge in [-0.25, -0.2) is 13.2 Å². The number of hydrogen-bond donors (Lipinski definition) is 2. The van der Waals surface area contributed by atoms with Crippen molar-refractivity contribution in [2.24, 2.45) is 0 Å². The van der Waals surface area contributed by atoms with Crippen LogP contribution in [0, 0.1) is 17.5 Å². The molecule has 0 bridgehead atoms. The van der Waals surface area contributed by atoms with Gasteiger partial charge in [-0.3, -0.25) is 0 Å². The van der Waals surface area contributed by atoms with Crippen LogP contribution in [0.2, 0.25) is 0 Å². The van der Waals surface area contributed by atoms with Gasteiger partial charge in [0, 0.05) is 36.8 Å². The van der Waals surface area contributed by atoms with Crippen molar-refractivity contribution in [1.82, 2.24) is 10.6 Å². The summed E-state index contributed by atoms with van der Waals surface area (Å²) >= 11 is 0. The molecule has 0 amide bonds. The van der Waals surface area contributed by atoms with Crippen molar-refractivity contribution in [3.63, 3.8) is 0 Å². The molecule has 0 heterocycles. The fourth-order valence-corrected chi connectivity index (χ4v) is 1.58. The van der Waals surface area contributed by atoms with E-state index in [1.54, 1.807) is 0 Å². The third-order valence-corrected chi connectivity index (χ3v) is 2.61.